The van der Waals surface area contributed by atoms with Crippen LogP contribution in [-0.2, 0) is 0 Å². The van der Waals surface area contributed by atoms with E-state index in [4.69, 9.17) is 0 Å². The Morgan fingerprint density at radius 3 is 1.15 bits per heavy atom. The predicted molar refractivity (Wildman–Crippen MR) is 190 cm³/mol. The van der Waals surface area contributed by atoms with Crippen molar-refractivity contribution in [1.82, 2.24) is 4.90 Å². The van der Waals surface area contributed by atoms with Gasteiger partial charge in [0.25, 0.3) is 0 Å². The monoisotopic (exact) mass is 578 g/mol. The number of rotatable bonds is 27. The average Bonchev–Trinajstić information content (AvgIpc) is 2.85. The SMILES string of the molecule is CCCCCCCC(CCN(CCCCCCCCCC(C)(C)C)CCCCCCCCCC(C)(C)C)C(C)(C)C. The standard InChI is InChI=1S/C40H83N/c1-11-12-13-20-25-30-37(40(8,9)10)31-36-41(34-28-23-18-14-16-21-26-32-38(2,3)4)35-29-24-19-15-17-22-27-33-39(5,6)7/h37H,11-36H2,1-10H3. The molecule has 0 aliphatic carbocycles. The molecule has 0 spiro atoms. The molecule has 1 heteroatoms. The van der Waals surface area contributed by atoms with Gasteiger partial charge in [-0.2, -0.15) is 0 Å². The summed E-state index contributed by atoms with van der Waals surface area (Å²) >= 11 is 0. The fraction of sp³-hybridized carbons (Fsp3) is 1.00. The Balaban J connectivity index is 4.46. The van der Waals surface area contributed by atoms with Gasteiger partial charge in [0.1, 0.15) is 0 Å². The quantitative estimate of drug-likeness (QED) is 0.0877. The molecule has 0 aliphatic rings. The van der Waals surface area contributed by atoms with Crippen LogP contribution in [0.2, 0.25) is 0 Å². The summed E-state index contributed by atoms with van der Waals surface area (Å²) in [6.07, 6.45) is 32.8. The molecule has 1 nitrogen and oxygen atoms in total. The molecule has 0 aromatic rings. The van der Waals surface area contributed by atoms with E-state index < -0.39 is 0 Å². The zero-order valence-electron chi connectivity index (χ0n) is 30.9. The van der Waals surface area contributed by atoms with Crippen LogP contribution < -0.4 is 0 Å². The molecule has 0 saturated heterocycles. The van der Waals surface area contributed by atoms with E-state index in [0.717, 1.165) is 5.92 Å². The summed E-state index contributed by atoms with van der Waals surface area (Å²) in [6.45, 7) is 28.1. The molecule has 41 heavy (non-hydrogen) atoms. The van der Waals surface area contributed by atoms with E-state index in [-0.39, 0.29) is 0 Å². The van der Waals surface area contributed by atoms with Gasteiger partial charge in [-0.3, -0.25) is 0 Å². The topological polar surface area (TPSA) is 3.24 Å². The van der Waals surface area contributed by atoms with Gasteiger partial charge in [0, 0.05) is 0 Å². The number of hydrogen-bond donors (Lipinski definition) is 0. The van der Waals surface area contributed by atoms with Crippen LogP contribution in [0.15, 0.2) is 0 Å². The lowest BCUT2D eigenvalue weighted by atomic mass is 9.76. The van der Waals surface area contributed by atoms with Crippen molar-refractivity contribution in [2.75, 3.05) is 19.6 Å². The molecule has 1 unspecified atom stereocenters. The maximum absolute atomic E-state index is 2.88. The van der Waals surface area contributed by atoms with Gasteiger partial charge < -0.3 is 4.90 Å². The van der Waals surface area contributed by atoms with Crippen LogP contribution in [-0.4, -0.2) is 24.5 Å². The van der Waals surface area contributed by atoms with Crippen molar-refractivity contribution in [1.29, 1.82) is 0 Å². The van der Waals surface area contributed by atoms with E-state index in [1.807, 2.05) is 0 Å². The molecule has 0 rings (SSSR count). The van der Waals surface area contributed by atoms with Gasteiger partial charge in [-0.15, -0.1) is 0 Å². The van der Waals surface area contributed by atoms with Crippen LogP contribution >= 0.6 is 0 Å². The van der Waals surface area contributed by atoms with E-state index in [2.05, 4.69) is 74.1 Å². The molecule has 0 heterocycles. The van der Waals surface area contributed by atoms with Crippen molar-refractivity contribution in [3.05, 3.63) is 0 Å². The Hall–Kier alpha value is -0.0400. The molecule has 0 aromatic carbocycles. The minimum Gasteiger partial charge on any atom is -0.303 e. The smallest absolute Gasteiger partial charge is 0.00159 e. The van der Waals surface area contributed by atoms with Crippen molar-refractivity contribution in [2.24, 2.45) is 22.2 Å². The summed E-state index contributed by atoms with van der Waals surface area (Å²) in [5.41, 5.74) is 1.46. The van der Waals surface area contributed by atoms with Gasteiger partial charge >= 0.3 is 0 Å². The molecule has 0 aromatic heterocycles. The van der Waals surface area contributed by atoms with Crippen LogP contribution in [0.5, 0.6) is 0 Å². The molecule has 1 atom stereocenters. The fourth-order valence-corrected chi connectivity index (χ4v) is 6.43. The molecule has 0 radical (unpaired) electrons. The van der Waals surface area contributed by atoms with Crippen LogP contribution in [0.25, 0.3) is 0 Å². The van der Waals surface area contributed by atoms with Crippen LogP contribution in [0.1, 0.15) is 217 Å². The zero-order valence-corrected chi connectivity index (χ0v) is 30.9. The summed E-state index contributed by atoms with van der Waals surface area (Å²) in [4.78, 5) is 2.88. The zero-order chi connectivity index (χ0) is 31.0. The van der Waals surface area contributed by atoms with Gasteiger partial charge in [-0.1, -0.05) is 178 Å². The molecule has 0 fully saturated rings. The third-order valence-corrected chi connectivity index (χ3v) is 9.48. The van der Waals surface area contributed by atoms with Gasteiger partial charge in [0.05, 0.1) is 0 Å². The minimum absolute atomic E-state index is 0.441. The lowest BCUT2D eigenvalue weighted by Gasteiger charge is -2.33. The Labute approximate surface area is 263 Å². The summed E-state index contributed by atoms with van der Waals surface area (Å²) in [7, 11) is 0. The van der Waals surface area contributed by atoms with E-state index in [1.165, 1.54) is 167 Å². The molecule has 248 valence electrons. The van der Waals surface area contributed by atoms with Crippen molar-refractivity contribution in [2.45, 2.75) is 217 Å². The fourth-order valence-electron chi connectivity index (χ4n) is 6.43. The molecule has 0 N–H and O–H groups in total. The molecular formula is C40H83N. The first-order valence-electron chi connectivity index (χ1n) is 19.0. The lowest BCUT2D eigenvalue weighted by molar-refractivity contribution is 0.167. The summed E-state index contributed by atoms with van der Waals surface area (Å²) in [5, 5.41) is 0. The maximum Gasteiger partial charge on any atom is -0.00159 e. The normalized spacial score (nSPS) is 13.8. The second-order valence-electron chi connectivity index (χ2n) is 17.5. The Morgan fingerprint density at radius 1 is 0.390 bits per heavy atom. The second-order valence-corrected chi connectivity index (χ2v) is 17.5. The maximum atomic E-state index is 2.88. The van der Waals surface area contributed by atoms with Crippen molar-refractivity contribution in [3.8, 4) is 0 Å². The van der Waals surface area contributed by atoms with E-state index in [0.29, 0.717) is 16.2 Å². The minimum atomic E-state index is 0.441. The largest absolute Gasteiger partial charge is 0.303 e. The highest BCUT2D eigenvalue weighted by Gasteiger charge is 2.24. The molecule has 0 bridgehead atoms. The number of unbranched alkanes of at least 4 members (excludes halogenated alkanes) is 16. The van der Waals surface area contributed by atoms with Gasteiger partial charge in [0.2, 0.25) is 0 Å². The highest BCUT2D eigenvalue weighted by atomic mass is 15.1. The summed E-state index contributed by atoms with van der Waals surface area (Å²) in [5.74, 6) is 0.868. The van der Waals surface area contributed by atoms with E-state index >= 15 is 0 Å². The third-order valence-electron chi connectivity index (χ3n) is 9.48. The second kappa shape index (κ2) is 24.3. The predicted octanol–water partition coefficient (Wildman–Crippen LogP) is 14.0. The van der Waals surface area contributed by atoms with Crippen LogP contribution in [0, 0.1) is 22.2 Å². The average molecular weight is 578 g/mol. The molecule has 0 saturated carbocycles. The first-order valence-corrected chi connectivity index (χ1v) is 19.0. The lowest BCUT2D eigenvalue weighted by Crippen LogP contribution is -2.31. The summed E-state index contributed by atoms with van der Waals surface area (Å²) in [6, 6.07) is 0. The van der Waals surface area contributed by atoms with Crippen molar-refractivity contribution >= 4 is 0 Å². The molecule has 0 aliphatic heterocycles. The highest BCUT2D eigenvalue weighted by molar-refractivity contribution is 4.76. The summed E-state index contributed by atoms with van der Waals surface area (Å²) < 4.78 is 0. The van der Waals surface area contributed by atoms with Crippen LogP contribution in [0.3, 0.4) is 0 Å². The first-order chi connectivity index (χ1) is 19.2. The van der Waals surface area contributed by atoms with Gasteiger partial charge in [0.15, 0.2) is 0 Å². The van der Waals surface area contributed by atoms with Gasteiger partial charge in [-0.05, 0) is 80.3 Å². The van der Waals surface area contributed by atoms with Crippen molar-refractivity contribution < 1.29 is 0 Å². The Bertz CT molecular complexity index is 511. The number of hydrogen-bond acceptors (Lipinski definition) is 1. The number of nitrogens with zero attached hydrogens (tertiary/aromatic N) is 1. The van der Waals surface area contributed by atoms with Crippen LogP contribution in [0.4, 0.5) is 0 Å². The first kappa shape index (κ1) is 41.0. The van der Waals surface area contributed by atoms with E-state index in [9.17, 15) is 0 Å². The van der Waals surface area contributed by atoms with E-state index in [1.54, 1.807) is 0 Å². The Morgan fingerprint density at radius 2 is 0.756 bits per heavy atom. The van der Waals surface area contributed by atoms with Crippen molar-refractivity contribution in [3.63, 3.8) is 0 Å². The molecule has 0 amide bonds. The highest BCUT2D eigenvalue weighted by Crippen LogP contribution is 2.33. The van der Waals surface area contributed by atoms with Gasteiger partial charge in [-0.25, -0.2) is 0 Å². The molecular weight excluding hydrogens is 494 g/mol. The Kier molecular flexibility index (Phi) is 24.3. The third kappa shape index (κ3) is 29.8.